The van der Waals surface area contributed by atoms with Crippen LogP contribution in [0.25, 0.3) is 0 Å². The molecule has 0 heterocycles. The first-order valence-electron chi connectivity index (χ1n) is 4.65. The summed E-state index contributed by atoms with van der Waals surface area (Å²) in [6.45, 7) is 2.37. The molecule has 9 heteroatoms. The van der Waals surface area contributed by atoms with E-state index in [0.29, 0.717) is 0 Å². The number of rotatable bonds is 3. The summed E-state index contributed by atoms with van der Waals surface area (Å²) in [7, 11) is -4.70. The number of benzene rings is 1. The molecule has 0 saturated heterocycles. The maximum absolute atomic E-state index is 11.2. The maximum atomic E-state index is 11.2. The smallest absolute Gasteiger partial charge is 0.336 e. The zero-order chi connectivity index (χ0) is 14.2. The minimum Gasteiger partial charge on any atom is -0.478 e. The van der Waals surface area contributed by atoms with Crippen LogP contribution in [-0.2, 0) is 10.1 Å². The van der Waals surface area contributed by atoms with Crippen LogP contribution in [0, 0.1) is 13.8 Å². The first kappa shape index (κ1) is 17.7. The molecule has 1 aromatic carbocycles. The molecular formula is C10H10LiO7S. The summed E-state index contributed by atoms with van der Waals surface area (Å²) in [4.78, 5) is 21.2. The van der Waals surface area contributed by atoms with Crippen LogP contribution in [0.3, 0.4) is 0 Å². The van der Waals surface area contributed by atoms with E-state index in [0.717, 1.165) is 6.07 Å². The Morgan fingerprint density at radius 3 is 1.53 bits per heavy atom. The predicted octanol–water partition coefficient (Wildman–Crippen LogP) is 0.566. The first-order chi connectivity index (χ1) is 8.07. The van der Waals surface area contributed by atoms with Gasteiger partial charge in [-0.15, -0.1) is 0 Å². The third-order valence-corrected chi connectivity index (χ3v) is 3.62. The molecule has 0 aromatic heterocycles. The molecule has 0 aliphatic carbocycles. The van der Waals surface area contributed by atoms with E-state index in [9.17, 15) is 18.0 Å². The summed E-state index contributed by atoms with van der Waals surface area (Å²) < 4.78 is 31.4. The normalized spacial score (nSPS) is 10.7. The van der Waals surface area contributed by atoms with Gasteiger partial charge >= 0.3 is 11.9 Å². The van der Waals surface area contributed by atoms with E-state index in [1.54, 1.807) is 0 Å². The van der Waals surface area contributed by atoms with Gasteiger partial charge in [-0.05, 0) is 31.0 Å². The average Bonchev–Trinajstić information content (AvgIpc) is 2.13. The fourth-order valence-corrected chi connectivity index (χ4v) is 2.71. The monoisotopic (exact) mass is 281 g/mol. The van der Waals surface area contributed by atoms with Gasteiger partial charge in [-0.2, -0.15) is 8.42 Å². The minimum atomic E-state index is -4.70. The minimum absolute atomic E-state index is 0. The molecule has 0 aliphatic rings. The van der Waals surface area contributed by atoms with Gasteiger partial charge in [0.15, 0.2) is 0 Å². The molecule has 0 amide bonds. The fraction of sp³-hybridized carbons (Fsp3) is 0.200. The second-order valence-electron chi connectivity index (χ2n) is 3.64. The number of aromatic carboxylic acids is 2. The molecule has 0 saturated carbocycles. The van der Waals surface area contributed by atoms with Gasteiger partial charge in [0, 0.05) is 18.9 Å². The van der Waals surface area contributed by atoms with Gasteiger partial charge in [0.05, 0.1) is 11.1 Å². The van der Waals surface area contributed by atoms with Crippen molar-refractivity contribution in [2.75, 3.05) is 0 Å². The van der Waals surface area contributed by atoms with Crippen molar-refractivity contribution in [3.05, 3.63) is 28.3 Å². The third-order valence-electron chi connectivity index (χ3n) is 2.50. The first-order valence-corrected chi connectivity index (χ1v) is 6.09. The molecule has 99 valence electrons. The fourth-order valence-electron chi connectivity index (χ4n) is 1.72. The van der Waals surface area contributed by atoms with Crippen molar-refractivity contribution in [2.24, 2.45) is 0 Å². The average molecular weight is 281 g/mol. The Bertz CT molecular complexity index is 610. The molecular weight excluding hydrogens is 271 g/mol. The number of hydrogen-bond acceptors (Lipinski definition) is 4. The van der Waals surface area contributed by atoms with E-state index in [1.807, 2.05) is 0 Å². The van der Waals surface area contributed by atoms with E-state index in [1.165, 1.54) is 13.8 Å². The zero-order valence-corrected chi connectivity index (χ0v) is 11.3. The Morgan fingerprint density at radius 1 is 1.00 bits per heavy atom. The molecule has 3 N–H and O–H groups in total. The van der Waals surface area contributed by atoms with Crippen molar-refractivity contribution in [3.63, 3.8) is 0 Å². The second-order valence-corrected chi connectivity index (χ2v) is 4.99. The number of carboxylic acid groups (broad SMARTS) is 2. The van der Waals surface area contributed by atoms with Gasteiger partial charge in [0.1, 0.15) is 4.90 Å². The van der Waals surface area contributed by atoms with Crippen LogP contribution in [0.4, 0.5) is 0 Å². The molecule has 1 rings (SSSR count). The Kier molecular flexibility index (Phi) is 5.35. The van der Waals surface area contributed by atoms with E-state index in [-0.39, 0.29) is 30.0 Å². The van der Waals surface area contributed by atoms with Crippen molar-refractivity contribution < 1.29 is 32.8 Å². The number of carboxylic acids is 2. The van der Waals surface area contributed by atoms with Gasteiger partial charge in [-0.3, -0.25) is 4.55 Å². The Morgan fingerprint density at radius 2 is 1.32 bits per heavy atom. The van der Waals surface area contributed by atoms with Crippen molar-refractivity contribution in [1.82, 2.24) is 0 Å². The van der Waals surface area contributed by atoms with Gasteiger partial charge in [0.25, 0.3) is 10.1 Å². The van der Waals surface area contributed by atoms with Crippen LogP contribution in [0.15, 0.2) is 11.0 Å². The molecule has 0 fully saturated rings. The van der Waals surface area contributed by atoms with E-state index < -0.39 is 38.1 Å². The molecule has 1 radical (unpaired) electrons. The van der Waals surface area contributed by atoms with Gasteiger partial charge in [0.2, 0.25) is 0 Å². The molecule has 7 nitrogen and oxygen atoms in total. The van der Waals surface area contributed by atoms with E-state index in [4.69, 9.17) is 14.8 Å². The van der Waals surface area contributed by atoms with Crippen LogP contribution in [0.5, 0.6) is 0 Å². The number of carbonyl (C=O) groups is 2. The quantitative estimate of drug-likeness (QED) is 0.545. The van der Waals surface area contributed by atoms with Crippen LogP contribution in [-0.4, -0.2) is 54.0 Å². The molecule has 0 aliphatic heterocycles. The molecule has 0 bridgehead atoms. The van der Waals surface area contributed by atoms with Crippen molar-refractivity contribution in [2.45, 2.75) is 18.7 Å². The molecule has 0 spiro atoms. The summed E-state index contributed by atoms with van der Waals surface area (Å²) in [6.07, 6.45) is 0. The molecule has 0 unspecified atom stereocenters. The standard InChI is InChI=1S/C10H10O7S.Li/c1-4-6(9(11)12)3-7(10(13)14)5(2)8(4)18(15,16)17;/h3H,1-2H3,(H,11,12)(H,13,14)(H,15,16,17);. The SMILES string of the molecule is Cc1c(C(=O)O)cc(C(=O)O)c(C)c1S(=O)(=O)O.[Li]. The summed E-state index contributed by atoms with van der Waals surface area (Å²) >= 11 is 0. The van der Waals surface area contributed by atoms with Gasteiger partial charge in [-0.25, -0.2) is 9.59 Å². The van der Waals surface area contributed by atoms with Gasteiger partial charge < -0.3 is 10.2 Å². The largest absolute Gasteiger partial charge is 0.478 e. The topological polar surface area (TPSA) is 129 Å². The Balaban J connectivity index is 0.00000324. The van der Waals surface area contributed by atoms with Crippen molar-refractivity contribution >= 4 is 40.9 Å². The zero-order valence-electron chi connectivity index (χ0n) is 10.5. The number of hydrogen-bond donors (Lipinski definition) is 3. The van der Waals surface area contributed by atoms with E-state index in [2.05, 4.69) is 0 Å². The summed E-state index contributed by atoms with van der Waals surface area (Å²) in [5.41, 5.74) is -1.36. The third kappa shape index (κ3) is 3.36. The van der Waals surface area contributed by atoms with Crippen LogP contribution < -0.4 is 0 Å². The summed E-state index contributed by atoms with van der Waals surface area (Å²) in [5.74, 6) is -2.94. The maximum Gasteiger partial charge on any atom is 0.336 e. The van der Waals surface area contributed by atoms with Crippen LogP contribution in [0.1, 0.15) is 31.8 Å². The molecule has 0 atom stereocenters. The Labute approximate surface area is 121 Å². The second kappa shape index (κ2) is 5.75. The van der Waals surface area contributed by atoms with Crippen LogP contribution in [0.2, 0.25) is 0 Å². The van der Waals surface area contributed by atoms with Crippen molar-refractivity contribution in [3.8, 4) is 0 Å². The van der Waals surface area contributed by atoms with Gasteiger partial charge in [-0.1, -0.05) is 0 Å². The Hall–Kier alpha value is -1.33. The predicted molar refractivity (Wildman–Crippen MR) is 65.4 cm³/mol. The summed E-state index contributed by atoms with van der Waals surface area (Å²) in [5, 5.41) is 17.8. The molecule has 1 aromatic rings. The summed E-state index contributed by atoms with van der Waals surface area (Å²) in [6, 6.07) is 0.865. The molecule has 19 heavy (non-hydrogen) atoms. The van der Waals surface area contributed by atoms with E-state index >= 15 is 0 Å². The van der Waals surface area contributed by atoms with Crippen LogP contribution >= 0.6 is 0 Å². The van der Waals surface area contributed by atoms with Crippen molar-refractivity contribution in [1.29, 1.82) is 0 Å².